The highest BCUT2D eigenvalue weighted by Gasteiger charge is 2.11. The van der Waals surface area contributed by atoms with Crippen molar-refractivity contribution in [3.8, 4) is 0 Å². The smallest absolute Gasteiger partial charge is 0.339 e. The molecular formula is C17H22N4O2. The third kappa shape index (κ3) is 4.95. The van der Waals surface area contributed by atoms with Crippen LogP contribution in [0.25, 0.3) is 0 Å². The van der Waals surface area contributed by atoms with Crippen molar-refractivity contribution in [1.82, 2.24) is 9.97 Å². The maximum atomic E-state index is 11.8. The molecule has 0 fully saturated rings. The number of methoxy groups -OCH3 is 1. The quantitative estimate of drug-likeness (QED) is 0.572. The van der Waals surface area contributed by atoms with Gasteiger partial charge in [-0.1, -0.05) is 31.9 Å². The topological polar surface area (TPSA) is 76.1 Å². The van der Waals surface area contributed by atoms with Gasteiger partial charge in [0, 0.05) is 12.7 Å². The minimum absolute atomic E-state index is 0.389. The van der Waals surface area contributed by atoms with Crippen molar-refractivity contribution in [1.29, 1.82) is 0 Å². The molecule has 0 spiro atoms. The maximum absolute atomic E-state index is 11.8. The number of esters is 1. The summed E-state index contributed by atoms with van der Waals surface area (Å²) in [6.07, 6.45) is 5.12. The lowest BCUT2D eigenvalue weighted by Gasteiger charge is -2.11. The van der Waals surface area contributed by atoms with Gasteiger partial charge in [0.1, 0.15) is 5.82 Å². The van der Waals surface area contributed by atoms with Crippen LogP contribution in [0.2, 0.25) is 0 Å². The highest BCUT2D eigenvalue weighted by Crippen LogP contribution is 2.20. The second kappa shape index (κ2) is 8.73. The van der Waals surface area contributed by atoms with Gasteiger partial charge in [0.2, 0.25) is 5.95 Å². The third-order valence-corrected chi connectivity index (χ3v) is 3.31. The summed E-state index contributed by atoms with van der Waals surface area (Å²) in [5, 5.41) is 6.34. The number of nitrogens with zero attached hydrogens (tertiary/aromatic N) is 2. The summed E-state index contributed by atoms with van der Waals surface area (Å²) in [7, 11) is 1.36. The molecule has 0 saturated heterocycles. The first kappa shape index (κ1) is 16.7. The lowest BCUT2D eigenvalue weighted by atomic mass is 10.2. The molecule has 2 rings (SSSR count). The van der Waals surface area contributed by atoms with Crippen LogP contribution in [0.15, 0.2) is 36.5 Å². The molecule has 6 nitrogen and oxygen atoms in total. The summed E-state index contributed by atoms with van der Waals surface area (Å²) in [6.45, 7) is 3.01. The Bertz CT molecular complexity index is 646. The van der Waals surface area contributed by atoms with Crippen molar-refractivity contribution < 1.29 is 9.53 Å². The molecule has 0 amide bonds. The number of carbonyl (C=O) groups excluding carboxylic acids is 1. The molecule has 0 saturated carbocycles. The molecule has 1 aromatic carbocycles. The Labute approximate surface area is 136 Å². The van der Waals surface area contributed by atoms with Crippen LogP contribution in [-0.4, -0.2) is 29.6 Å². The van der Waals surface area contributed by atoms with E-state index >= 15 is 0 Å². The number of anilines is 3. The molecule has 0 aliphatic carbocycles. The Morgan fingerprint density at radius 2 is 2.04 bits per heavy atom. The van der Waals surface area contributed by atoms with Crippen molar-refractivity contribution in [2.24, 2.45) is 0 Å². The van der Waals surface area contributed by atoms with Crippen LogP contribution in [0, 0.1) is 0 Å². The first-order valence-corrected chi connectivity index (χ1v) is 7.76. The van der Waals surface area contributed by atoms with Gasteiger partial charge in [-0.15, -0.1) is 0 Å². The van der Waals surface area contributed by atoms with Gasteiger partial charge in [-0.05, 0) is 24.6 Å². The monoisotopic (exact) mass is 314 g/mol. The molecule has 0 unspecified atom stereocenters. The highest BCUT2D eigenvalue weighted by atomic mass is 16.5. The summed E-state index contributed by atoms with van der Waals surface area (Å²) in [5.74, 6) is 0.802. The van der Waals surface area contributed by atoms with Crippen LogP contribution in [0.1, 0.15) is 36.5 Å². The van der Waals surface area contributed by atoms with E-state index < -0.39 is 0 Å². The van der Waals surface area contributed by atoms with E-state index in [1.54, 1.807) is 24.4 Å². The van der Waals surface area contributed by atoms with E-state index in [1.807, 2.05) is 12.1 Å². The van der Waals surface area contributed by atoms with Gasteiger partial charge in [-0.3, -0.25) is 0 Å². The molecule has 0 aliphatic rings. The normalized spacial score (nSPS) is 10.2. The zero-order valence-electron chi connectivity index (χ0n) is 13.5. The highest BCUT2D eigenvalue weighted by molar-refractivity contribution is 5.96. The molecule has 0 radical (unpaired) electrons. The minimum atomic E-state index is -0.389. The van der Waals surface area contributed by atoms with Gasteiger partial charge >= 0.3 is 5.97 Å². The number of para-hydroxylation sites is 1. The number of rotatable bonds is 8. The molecule has 23 heavy (non-hydrogen) atoms. The van der Waals surface area contributed by atoms with Crippen LogP contribution >= 0.6 is 0 Å². The number of hydrogen-bond donors (Lipinski definition) is 2. The summed E-state index contributed by atoms with van der Waals surface area (Å²) < 4.78 is 4.79. The van der Waals surface area contributed by atoms with Gasteiger partial charge in [0.15, 0.2) is 0 Å². The molecule has 122 valence electrons. The van der Waals surface area contributed by atoms with Crippen molar-refractivity contribution in [2.75, 3.05) is 24.3 Å². The van der Waals surface area contributed by atoms with Gasteiger partial charge in [-0.2, -0.15) is 4.98 Å². The molecule has 0 bridgehead atoms. The summed E-state index contributed by atoms with van der Waals surface area (Å²) in [4.78, 5) is 20.4. The van der Waals surface area contributed by atoms with Crippen LogP contribution < -0.4 is 10.6 Å². The van der Waals surface area contributed by atoms with E-state index in [0.29, 0.717) is 23.0 Å². The fourth-order valence-corrected chi connectivity index (χ4v) is 2.11. The van der Waals surface area contributed by atoms with Gasteiger partial charge in [0.05, 0.1) is 18.4 Å². The predicted octanol–water partition coefficient (Wildman–Crippen LogP) is 3.61. The number of ether oxygens (including phenoxy) is 1. The van der Waals surface area contributed by atoms with Crippen LogP contribution in [-0.2, 0) is 4.74 Å². The Balaban J connectivity index is 2.07. The van der Waals surface area contributed by atoms with Gasteiger partial charge in [0.25, 0.3) is 0 Å². The maximum Gasteiger partial charge on any atom is 0.339 e. The number of unbranched alkanes of at least 4 members (excludes halogenated alkanes) is 2. The first-order chi connectivity index (χ1) is 11.2. The van der Waals surface area contributed by atoms with Crippen LogP contribution in [0.5, 0.6) is 0 Å². The van der Waals surface area contributed by atoms with Crippen LogP contribution in [0.3, 0.4) is 0 Å². The fourth-order valence-electron chi connectivity index (χ4n) is 2.11. The second-order valence-electron chi connectivity index (χ2n) is 5.06. The van der Waals surface area contributed by atoms with Gasteiger partial charge < -0.3 is 15.4 Å². The number of hydrogen-bond acceptors (Lipinski definition) is 6. The SMILES string of the molecule is CCCCCNc1nccc(Nc2ccccc2C(=O)OC)n1. The number of aromatic nitrogens is 2. The lowest BCUT2D eigenvalue weighted by molar-refractivity contribution is 0.0602. The molecule has 6 heteroatoms. The van der Waals surface area contributed by atoms with E-state index in [0.717, 1.165) is 13.0 Å². The van der Waals surface area contributed by atoms with Crippen LogP contribution in [0.4, 0.5) is 17.5 Å². The molecule has 1 aromatic heterocycles. The molecule has 2 N–H and O–H groups in total. The molecule has 1 heterocycles. The molecular weight excluding hydrogens is 292 g/mol. The summed E-state index contributed by atoms with van der Waals surface area (Å²) in [5.41, 5.74) is 1.11. The van der Waals surface area contributed by atoms with Crippen molar-refractivity contribution in [3.05, 3.63) is 42.1 Å². The Kier molecular flexibility index (Phi) is 6.35. The average molecular weight is 314 g/mol. The number of benzene rings is 1. The summed E-state index contributed by atoms with van der Waals surface area (Å²) in [6, 6.07) is 8.91. The van der Waals surface area contributed by atoms with E-state index in [2.05, 4.69) is 27.5 Å². The molecule has 2 aromatic rings. The zero-order chi connectivity index (χ0) is 16.5. The Morgan fingerprint density at radius 1 is 1.22 bits per heavy atom. The van der Waals surface area contributed by atoms with Crippen molar-refractivity contribution in [2.45, 2.75) is 26.2 Å². The predicted molar refractivity (Wildman–Crippen MR) is 91.1 cm³/mol. The van der Waals surface area contributed by atoms with Gasteiger partial charge in [-0.25, -0.2) is 9.78 Å². The van der Waals surface area contributed by atoms with E-state index in [1.165, 1.54) is 20.0 Å². The molecule has 0 atom stereocenters. The standard InChI is InChI=1S/C17H22N4O2/c1-3-4-7-11-18-17-19-12-10-15(21-17)20-14-9-6-5-8-13(14)16(22)23-2/h5-6,8-10,12H,3-4,7,11H2,1-2H3,(H2,18,19,20,21). The number of carbonyl (C=O) groups is 1. The largest absolute Gasteiger partial charge is 0.465 e. The minimum Gasteiger partial charge on any atom is -0.465 e. The second-order valence-corrected chi connectivity index (χ2v) is 5.06. The number of nitrogens with one attached hydrogen (secondary N) is 2. The van der Waals surface area contributed by atoms with E-state index in [-0.39, 0.29) is 5.97 Å². The lowest BCUT2D eigenvalue weighted by Crippen LogP contribution is -2.08. The Morgan fingerprint density at radius 3 is 2.83 bits per heavy atom. The zero-order valence-corrected chi connectivity index (χ0v) is 13.5. The van der Waals surface area contributed by atoms with Crippen molar-refractivity contribution >= 4 is 23.4 Å². The van der Waals surface area contributed by atoms with Crippen molar-refractivity contribution in [3.63, 3.8) is 0 Å². The average Bonchev–Trinajstić information content (AvgIpc) is 2.59. The first-order valence-electron chi connectivity index (χ1n) is 7.76. The Hall–Kier alpha value is -2.63. The van der Waals surface area contributed by atoms with E-state index in [4.69, 9.17) is 4.74 Å². The fraction of sp³-hybridized carbons (Fsp3) is 0.353. The third-order valence-electron chi connectivity index (χ3n) is 3.31. The molecule has 0 aliphatic heterocycles. The van der Waals surface area contributed by atoms with E-state index in [9.17, 15) is 4.79 Å². The summed E-state index contributed by atoms with van der Waals surface area (Å²) >= 11 is 0.